The van der Waals surface area contributed by atoms with Crippen LogP contribution in [0.2, 0.25) is 0 Å². The van der Waals surface area contributed by atoms with Crippen LogP contribution in [0.15, 0.2) is 24.3 Å². The fraction of sp³-hybridized carbons (Fsp3) is 0.250. The minimum Gasteiger partial charge on any atom is -0.497 e. The van der Waals surface area contributed by atoms with Crippen molar-refractivity contribution < 1.29 is 9.57 Å². The van der Waals surface area contributed by atoms with Crippen molar-refractivity contribution >= 4 is 5.69 Å². The van der Waals surface area contributed by atoms with Crippen LogP contribution in [0, 0.1) is 0 Å². The van der Waals surface area contributed by atoms with Crippen LogP contribution in [-0.2, 0) is 4.84 Å². The van der Waals surface area contributed by atoms with Crippen LogP contribution in [0.4, 0.5) is 5.69 Å². The topological polar surface area (TPSA) is 30.5 Å². The van der Waals surface area contributed by atoms with Gasteiger partial charge in [-0.25, -0.2) is 0 Å². The second kappa shape index (κ2) is 3.83. The maximum Gasteiger partial charge on any atom is 0.119 e. The smallest absolute Gasteiger partial charge is 0.119 e. The Morgan fingerprint density at radius 1 is 1.09 bits per heavy atom. The standard InChI is InChI=1S/C8H11NO2/c1-10-8-5-3-7(4-6-8)9-11-2/h3-6,9H,1-2H3. The average Bonchev–Trinajstić information content (AvgIpc) is 2.07. The monoisotopic (exact) mass is 153 g/mol. The number of methoxy groups -OCH3 is 1. The van der Waals surface area contributed by atoms with Crippen LogP contribution in [0.25, 0.3) is 0 Å². The van der Waals surface area contributed by atoms with Crippen LogP contribution < -0.4 is 10.2 Å². The molecular formula is C8H11NO2. The summed E-state index contributed by atoms with van der Waals surface area (Å²) in [6, 6.07) is 7.48. The van der Waals surface area contributed by atoms with E-state index in [-0.39, 0.29) is 0 Å². The Morgan fingerprint density at radius 2 is 1.73 bits per heavy atom. The molecule has 0 aliphatic carbocycles. The van der Waals surface area contributed by atoms with E-state index < -0.39 is 0 Å². The molecule has 0 bridgehead atoms. The minimum absolute atomic E-state index is 0.839. The zero-order valence-electron chi connectivity index (χ0n) is 6.63. The molecule has 0 aromatic heterocycles. The first kappa shape index (κ1) is 7.88. The van der Waals surface area contributed by atoms with Crippen LogP contribution >= 0.6 is 0 Å². The van der Waals surface area contributed by atoms with Crippen LogP contribution in [0.5, 0.6) is 5.75 Å². The van der Waals surface area contributed by atoms with Gasteiger partial charge in [0.2, 0.25) is 0 Å². The third-order valence-electron chi connectivity index (χ3n) is 1.31. The van der Waals surface area contributed by atoms with Crippen LogP contribution in [0.3, 0.4) is 0 Å². The lowest BCUT2D eigenvalue weighted by atomic mass is 10.3. The molecular weight excluding hydrogens is 142 g/mol. The Morgan fingerprint density at radius 3 is 2.18 bits per heavy atom. The van der Waals surface area contributed by atoms with Crippen LogP contribution in [-0.4, -0.2) is 14.2 Å². The normalized spacial score (nSPS) is 9.27. The lowest BCUT2D eigenvalue weighted by Crippen LogP contribution is -1.94. The third-order valence-corrected chi connectivity index (χ3v) is 1.31. The molecule has 0 heterocycles. The molecule has 0 spiro atoms. The molecule has 3 heteroatoms. The molecule has 0 aliphatic rings. The van der Waals surface area contributed by atoms with Crippen molar-refractivity contribution in [1.29, 1.82) is 0 Å². The molecule has 1 rings (SSSR count). The number of nitrogens with one attached hydrogen (secondary N) is 1. The predicted octanol–water partition coefficient (Wildman–Crippen LogP) is 1.67. The summed E-state index contributed by atoms with van der Waals surface area (Å²) in [6.07, 6.45) is 0. The van der Waals surface area contributed by atoms with E-state index in [4.69, 9.17) is 9.57 Å². The summed E-state index contributed by atoms with van der Waals surface area (Å²) in [5.41, 5.74) is 3.61. The first-order chi connectivity index (χ1) is 5.36. The maximum atomic E-state index is 4.98. The Labute approximate surface area is 65.9 Å². The molecule has 1 aromatic carbocycles. The van der Waals surface area contributed by atoms with Gasteiger partial charge in [0.15, 0.2) is 0 Å². The molecule has 0 aliphatic heterocycles. The summed E-state index contributed by atoms with van der Waals surface area (Å²) >= 11 is 0. The van der Waals surface area contributed by atoms with Crippen molar-refractivity contribution in [2.24, 2.45) is 0 Å². The quantitative estimate of drug-likeness (QED) is 0.670. The summed E-state index contributed by atoms with van der Waals surface area (Å²) in [6.45, 7) is 0. The van der Waals surface area contributed by atoms with Gasteiger partial charge >= 0.3 is 0 Å². The lowest BCUT2D eigenvalue weighted by molar-refractivity contribution is 0.271. The van der Waals surface area contributed by atoms with E-state index in [1.807, 2.05) is 24.3 Å². The summed E-state index contributed by atoms with van der Waals surface area (Å²) in [7, 11) is 3.21. The zero-order chi connectivity index (χ0) is 8.10. The maximum absolute atomic E-state index is 4.98. The van der Waals surface area contributed by atoms with Gasteiger partial charge in [0, 0.05) is 0 Å². The van der Waals surface area contributed by atoms with Crippen molar-refractivity contribution in [1.82, 2.24) is 0 Å². The molecule has 0 saturated carbocycles. The number of anilines is 1. The van der Waals surface area contributed by atoms with Crippen molar-refractivity contribution in [3.8, 4) is 5.75 Å². The fourth-order valence-corrected chi connectivity index (χ4v) is 0.777. The molecule has 60 valence electrons. The Hall–Kier alpha value is -1.22. The van der Waals surface area contributed by atoms with Crippen molar-refractivity contribution in [3.05, 3.63) is 24.3 Å². The second-order valence-corrected chi connectivity index (χ2v) is 2.03. The molecule has 11 heavy (non-hydrogen) atoms. The SMILES string of the molecule is CONc1ccc(OC)cc1. The number of hydrogen-bond donors (Lipinski definition) is 1. The molecule has 3 nitrogen and oxygen atoms in total. The molecule has 1 N–H and O–H groups in total. The first-order valence-electron chi connectivity index (χ1n) is 3.30. The van der Waals surface area contributed by atoms with E-state index in [1.54, 1.807) is 14.2 Å². The van der Waals surface area contributed by atoms with Gasteiger partial charge in [-0.2, -0.15) is 0 Å². The predicted molar refractivity (Wildman–Crippen MR) is 43.6 cm³/mol. The highest BCUT2D eigenvalue weighted by atomic mass is 16.6. The van der Waals surface area contributed by atoms with Crippen LogP contribution in [0.1, 0.15) is 0 Å². The Balaban J connectivity index is 2.66. The van der Waals surface area contributed by atoms with Gasteiger partial charge in [0.05, 0.1) is 19.9 Å². The summed E-state index contributed by atoms with van der Waals surface area (Å²) in [5.74, 6) is 0.839. The van der Waals surface area contributed by atoms with Gasteiger partial charge in [-0.3, -0.25) is 10.3 Å². The van der Waals surface area contributed by atoms with Gasteiger partial charge < -0.3 is 4.74 Å². The second-order valence-electron chi connectivity index (χ2n) is 2.03. The molecule has 1 aromatic rings. The van der Waals surface area contributed by atoms with Crippen molar-refractivity contribution in [3.63, 3.8) is 0 Å². The number of benzene rings is 1. The number of ether oxygens (including phenoxy) is 1. The molecule has 0 saturated heterocycles. The first-order valence-corrected chi connectivity index (χ1v) is 3.30. The number of hydrogen-bond acceptors (Lipinski definition) is 3. The molecule has 0 radical (unpaired) electrons. The summed E-state index contributed by atoms with van der Waals surface area (Å²) in [4.78, 5) is 4.71. The van der Waals surface area contributed by atoms with Crippen molar-refractivity contribution in [2.45, 2.75) is 0 Å². The summed E-state index contributed by atoms with van der Waals surface area (Å²) in [5, 5.41) is 0. The number of rotatable bonds is 3. The van der Waals surface area contributed by atoms with Gasteiger partial charge in [-0.05, 0) is 24.3 Å². The van der Waals surface area contributed by atoms with E-state index in [0.717, 1.165) is 11.4 Å². The largest absolute Gasteiger partial charge is 0.497 e. The Kier molecular flexibility index (Phi) is 2.74. The summed E-state index contributed by atoms with van der Waals surface area (Å²) < 4.78 is 4.98. The van der Waals surface area contributed by atoms with Gasteiger partial charge in [-0.15, -0.1) is 0 Å². The zero-order valence-corrected chi connectivity index (χ0v) is 6.63. The Bertz CT molecular complexity index is 208. The van der Waals surface area contributed by atoms with Crippen molar-refractivity contribution in [2.75, 3.05) is 19.7 Å². The highest BCUT2D eigenvalue weighted by molar-refractivity contribution is 5.44. The highest BCUT2D eigenvalue weighted by Gasteiger charge is 1.90. The van der Waals surface area contributed by atoms with E-state index in [9.17, 15) is 0 Å². The minimum atomic E-state index is 0.839. The molecule has 0 atom stereocenters. The fourth-order valence-electron chi connectivity index (χ4n) is 0.777. The van der Waals surface area contributed by atoms with E-state index in [2.05, 4.69) is 5.48 Å². The van der Waals surface area contributed by atoms with Gasteiger partial charge in [0.1, 0.15) is 5.75 Å². The third kappa shape index (κ3) is 2.13. The average molecular weight is 153 g/mol. The molecule has 0 unspecified atom stereocenters. The molecule has 0 fully saturated rings. The van der Waals surface area contributed by atoms with Gasteiger partial charge in [-0.1, -0.05) is 0 Å². The highest BCUT2D eigenvalue weighted by Crippen LogP contribution is 2.14. The van der Waals surface area contributed by atoms with E-state index in [0.29, 0.717) is 0 Å². The van der Waals surface area contributed by atoms with Gasteiger partial charge in [0.25, 0.3) is 0 Å². The lowest BCUT2D eigenvalue weighted by Gasteiger charge is -2.03. The van der Waals surface area contributed by atoms with E-state index in [1.165, 1.54) is 0 Å². The van der Waals surface area contributed by atoms with E-state index >= 15 is 0 Å². The molecule has 0 amide bonds.